The van der Waals surface area contributed by atoms with E-state index in [4.69, 9.17) is 14.2 Å². The molecule has 0 aromatic heterocycles. The van der Waals surface area contributed by atoms with Crippen LogP contribution < -0.4 is 20.1 Å². The molecule has 0 amide bonds. The molecule has 1 aromatic carbocycles. The van der Waals surface area contributed by atoms with Crippen LogP contribution >= 0.6 is 11.8 Å². The predicted molar refractivity (Wildman–Crippen MR) is 105 cm³/mol. The highest BCUT2D eigenvalue weighted by atomic mass is 32.2. The van der Waals surface area contributed by atoms with Gasteiger partial charge in [-0.25, -0.2) is 0 Å². The van der Waals surface area contributed by atoms with E-state index in [0.29, 0.717) is 12.4 Å². The molecule has 140 valence electrons. The topological polar surface area (TPSA) is 64.1 Å². The van der Waals surface area contributed by atoms with Crippen LogP contribution in [0.1, 0.15) is 19.8 Å². The molecule has 1 fully saturated rings. The number of rotatable bonds is 7. The van der Waals surface area contributed by atoms with Crippen LogP contribution in [0.25, 0.3) is 0 Å². The summed E-state index contributed by atoms with van der Waals surface area (Å²) < 4.78 is 16.7. The molecule has 1 aromatic rings. The number of ether oxygens (including phenoxy) is 3. The van der Waals surface area contributed by atoms with E-state index in [1.54, 1.807) is 14.2 Å². The third-order valence-corrected chi connectivity index (χ3v) is 5.78. The van der Waals surface area contributed by atoms with Gasteiger partial charge in [-0.05, 0) is 38.2 Å². The number of nitrogens with one attached hydrogen (secondary N) is 2. The lowest BCUT2D eigenvalue weighted by Crippen LogP contribution is -2.45. The van der Waals surface area contributed by atoms with Gasteiger partial charge in [0.25, 0.3) is 0 Å². The largest absolute Gasteiger partial charge is 0.493 e. The number of nitrogens with zero attached hydrogens (tertiary/aromatic N) is 1. The fourth-order valence-electron chi connectivity index (χ4n) is 2.78. The van der Waals surface area contributed by atoms with Crippen LogP contribution in [0.15, 0.2) is 23.2 Å². The Morgan fingerprint density at radius 2 is 2.08 bits per heavy atom. The Morgan fingerprint density at radius 1 is 1.32 bits per heavy atom. The van der Waals surface area contributed by atoms with Gasteiger partial charge < -0.3 is 24.8 Å². The maximum Gasteiger partial charge on any atom is 0.195 e. The van der Waals surface area contributed by atoms with E-state index in [1.165, 1.54) is 0 Å². The van der Waals surface area contributed by atoms with Crippen LogP contribution in [0.5, 0.6) is 11.5 Å². The second-order valence-electron chi connectivity index (χ2n) is 5.85. The van der Waals surface area contributed by atoms with E-state index in [9.17, 15) is 0 Å². The summed E-state index contributed by atoms with van der Waals surface area (Å²) in [6.45, 7) is 5.06. The molecular weight excluding hydrogens is 338 g/mol. The second kappa shape index (κ2) is 9.77. The Hall–Kier alpha value is -1.60. The Morgan fingerprint density at radius 3 is 2.68 bits per heavy atom. The van der Waals surface area contributed by atoms with Crippen molar-refractivity contribution in [1.29, 1.82) is 0 Å². The summed E-state index contributed by atoms with van der Waals surface area (Å²) in [6, 6.07) is 5.77. The first-order valence-electron chi connectivity index (χ1n) is 8.58. The van der Waals surface area contributed by atoms with Gasteiger partial charge in [-0.15, -0.1) is 0 Å². The zero-order valence-corrected chi connectivity index (χ0v) is 16.4. The molecular formula is C18H29N3O3S. The summed E-state index contributed by atoms with van der Waals surface area (Å²) in [4.78, 5) is 4.33. The monoisotopic (exact) mass is 367 g/mol. The molecule has 1 aliphatic rings. The number of aliphatic imine (C=N–C) groups is 1. The number of methoxy groups -OCH3 is 1. The standard InChI is InChI=1S/C18H29N3O3S/c1-5-24-15-7-6-14(12-16(15)22-3)21-17(19-2)20-13-18(25-4)8-10-23-11-9-18/h6-7,12H,5,8-11,13H2,1-4H3,(H2,19,20,21). The lowest BCUT2D eigenvalue weighted by atomic mass is 9.99. The normalized spacial score (nSPS) is 17.0. The van der Waals surface area contributed by atoms with Crippen LogP contribution in [-0.4, -0.2) is 57.5 Å². The molecule has 6 nitrogen and oxygen atoms in total. The third-order valence-electron chi connectivity index (χ3n) is 4.36. The van der Waals surface area contributed by atoms with Crippen molar-refractivity contribution in [3.63, 3.8) is 0 Å². The number of anilines is 1. The first-order valence-corrected chi connectivity index (χ1v) is 9.80. The van der Waals surface area contributed by atoms with E-state index in [-0.39, 0.29) is 4.75 Å². The molecule has 0 unspecified atom stereocenters. The van der Waals surface area contributed by atoms with E-state index < -0.39 is 0 Å². The van der Waals surface area contributed by atoms with Gasteiger partial charge in [0.15, 0.2) is 17.5 Å². The molecule has 0 spiro atoms. The van der Waals surface area contributed by atoms with E-state index in [0.717, 1.165) is 50.0 Å². The highest BCUT2D eigenvalue weighted by Crippen LogP contribution is 2.33. The first-order chi connectivity index (χ1) is 12.2. The molecule has 25 heavy (non-hydrogen) atoms. The maximum absolute atomic E-state index is 5.56. The molecule has 0 bridgehead atoms. The highest BCUT2D eigenvalue weighted by Gasteiger charge is 2.31. The average molecular weight is 368 g/mol. The van der Waals surface area contributed by atoms with Crippen molar-refractivity contribution in [2.24, 2.45) is 4.99 Å². The Kier molecular flexibility index (Phi) is 7.71. The molecule has 1 saturated heterocycles. The predicted octanol–water partition coefficient (Wildman–Crippen LogP) is 2.99. The fraction of sp³-hybridized carbons (Fsp3) is 0.611. The quantitative estimate of drug-likeness (QED) is 0.571. The third kappa shape index (κ3) is 5.44. The molecule has 2 rings (SSSR count). The Bertz CT molecular complexity index is 575. The van der Waals surface area contributed by atoms with Gasteiger partial charge in [-0.1, -0.05) is 0 Å². The highest BCUT2D eigenvalue weighted by molar-refractivity contribution is 8.00. The van der Waals surface area contributed by atoms with Crippen LogP contribution in [0.3, 0.4) is 0 Å². The molecule has 7 heteroatoms. The van der Waals surface area contributed by atoms with E-state index in [1.807, 2.05) is 36.9 Å². The van der Waals surface area contributed by atoms with Gasteiger partial charge in [0.2, 0.25) is 0 Å². The smallest absolute Gasteiger partial charge is 0.195 e. The minimum absolute atomic E-state index is 0.201. The zero-order valence-electron chi connectivity index (χ0n) is 15.6. The molecule has 2 N–H and O–H groups in total. The van der Waals surface area contributed by atoms with Crippen LogP contribution in [0.4, 0.5) is 5.69 Å². The van der Waals surface area contributed by atoms with Crippen molar-refractivity contribution >= 4 is 23.4 Å². The van der Waals surface area contributed by atoms with Crippen LogP contribution in [-0.2, 0) is 4.74 Å². The maximum atomic E-state index is 5.56. The molecule has 0 aliphatic carbocycles. The van der Waals surface area contributed by atoms with E-state index >= 15 is 0 Å². The number of hydrogen-bond acceptors (Lipinski definition) is 5. The zero-order chi connectivity index (χ0) is 18.1. The number of thioether (sulfide) groups is 1. The van der Waals surface area contributed by atoms with Gasteiger partial charge in [0.1, 0.15) is 0 Å². The minimum Gasteiger partial charge on any atom is -0.493 e. The van der Waals surface area contributed by atoms with Gasteiger partial charge in [-0.2, -0.15) is 11.8 Å². The lowest BCUT2D eigenvalue weighted by Gasteiger charge is -2.36. The first kappa shape index (κ1) is 19.7. The summed E-state index contributed by atoms with van der Waals surface area (Å²) in [6.07, 6.45) is 4.27. The van der Waals surface area contributed by atoms with Crippen LogP contribution in [0, 0.1) is 0 Å². The van der Waals surface area contributed by atoms with Crippen molar-refractivity contribution in [3.05, 3.63) is 18.2 Å². The van der Waals surface area contributed by atoms with Gasteiger partial charge >= 0.3 is 0 Å². The Balaban J connectivity index is 1.99. The van der Waals surface area contributed by atoms with Gasteiger partial charge in [-0.3, -0.25) is 4.99 Å². The van der Waals surface area contributed by atoms with Crippen molar-refractivity contribution in [2.75, 3.05) is 52.1 Å². The molecule has 0 atom stereocenters. The minimum atomic E-state index is 0.201. The summed E-state index contributed by atoms with van der Waals surface area (Å²) in [5.74, 6) is 2.18. The number of benzene rings is 1. The molecule has 1 heterocycles. The summed E-state index contributed by atoms with van der Waals surface area (Å²) >= 11 is 1.90. The summed E-state index contributed by atoms with van der Waals surface area (Å²) in [7, 11) is 3.42. The van der Waals surface area contributed by atoms with Gasteiger partial charge in [0.05, 0.1) is 13.7 Å². The van der Waals surface area contributed by atoms with Gasteiger partial charge in [0, 0.05) is 43.3 Å². The van der Waals surface area contributed by atoms with E-state index in [2.05, 4.69) is 21.9 Å². The van der Waals surface area contributed by atoms with Crippen molar-refractivity contribution in [1.82, 2.24) is 5.32 Å². The van der Waals surface area contributed by atoms with Crippen molar-refractivity contribution < 1.29 is 14.2 Å². The fourth-order valence-corrected chi connectivity index (χ4v) is 3.57. The van der Waals surface area contributed by atoms with Crippen molar-refractivity contribution in [3.8, 4) is 11.5 Å². The molecule has 1 aliphatic heterocycles. The number of hydrogen-bond donors (Lipinski definition) is 2. The number of guanidine groups is 1. The molecule has 0 saturated carbocycles. The SMILES string of the molecule is CCOc1ccc(NC(=NC)NCC2(SC)CCOCC2)cc1OC. The second-order valence-corrected chi connectivity index (χ2v) is 7.12. The summed E-state index contributed by atoms with van der Waals surface area (Å²) in [5, 5.41) is 6.76. The lowest BCUT2D eigenvalue weighted by molar-refractivity contribution is 0.0783. The van der Waals surface area contributed by atoms with Crippen LogP contribution in [0.2, 0.25) is 0 Å². The van der Waals surface area contributed by atoms with Crippen molar-refractivity contribution in [2.45, 2.75) is 24.5 Å². The molecule has 0 radical (unpaired) electrons. The Labute approximate surface area is 154 Å². The summed E-state index contributed by atoms with van der Waals surface area (Å²) in [5.41, 5.74) is 0.901. The average Bonchev–Trinajstić information content (AvgIpc) is 2.67.